The maximum absolute atomic E-state index is 13.3. The topological polar surface area (TPSA) is 56.0 Å². The lowest BCUT2D eigenvalue weighted by Gasteiger charge is -2.02. The zero-order valence-corrected chi connectivity index (χ0v) is 14.8. The number of fused-ring (bicyclic) bond motifs is 2. The predicted octanol–water partition coefficient (Wildman–Crippen LogP) is 3.91. The fourth-order valence-corrected chi connectivity index (χ4v) is 3.34. The minimum atomic E-state index is -4.67. The summed E-state index contributed by atoms with van der Waals surface area (Å²) in [5.74, 6) is -1.16. The van der Waals surface area contributed by atoms with E-state index in [4.69, 9.17) is 0 Å². The Morgan fingerprint density at radius 2 is 1.66 bits per heavy atom. The van der Waals surface area contributed by atoms with Crippen molar-refractivity contribution >= 4 is 22.5 Å². The van der Waals surface area contributed by atoms with Crippen molar-refractivity contribution in [2.24, 2.45) is 0 Å². The summed E-state index contributed by atoms with van der Waals surface area (Å²) in [6.07, 6.45) is -1.32. The highest BCUT2D eigenvalue weighted by Gasteiger charge is 2.38. The summed E-state index contributed by atoms with van der Waals surface area (Å²) in [5, 5.41) is 13.7. The molecule has 0 N–H and O–H groups in total. The quantitative estimate of drug-likeness (QED) is 0.458. The largest absolute Gasteiger partial charge is 0.453 e. The van der Waals surface area contributed by atoms with Crippen LogP contribution in [0.25, 0.3) is 33.9 Å². The van der Waals surface area contributed by atoms with Crippen LogP contribution in [0.15, 0.2) is 66.9 Å². The van der Waals surface area contributed by atoms with E-state index in [1.165, 1.54) is 0 Å². The van der Waals surface area contributed by atoms with Crippen LogP contribution in [0.1, 0.15) is 11.4 Å². The standard InChI is InChI=1S/C21H12F3N5/c22-21(23,24)20-27-26-19-16(18(28-29(19)20)17-10-3-4-11-25-17)12-14-8-5-7-13-6-1-2-9-15(13)14/h1-12H/b16-12-. The fourth-order valence-electron chi connectivity index (χ4n) is 3.34. The molecule has 0 bridgehead atoms. The Morgan fingerprint density at radius 3 is 2.45 bits per heavy atom. The zero-order valence-electron chi connectivity index (χ0n) is 14.8. The van der Waals surface area contributed by atoms with Crippen molar-refractivity contribution in [3.8, 4) is 11.4 Å². The summed E-state index contributed by atoms with van der Waals surface area (Å²) in [6, 6.07) is 18.7. The van der Waals surface area contributed by atoms with Gasteiger partial charge in [0.25, 0.3) is 5.82 Å². The van der Waals surface area contributed by atoms with Crippen molar-refractivity contribution in [3.05, 3.63) is 83.5 Å². The van der Waals surface area contributed by atoms with Crippen molar-refractivity contribution in [3.63, 3.8) is 0 Å². The number of rotatable bonds is 2. The Balaban J connectivity index is 1.86. The lowest BCUT2D eigenvalue weighted by molar-refractivity contribution is -0.146. The average Bonchev–Trinajstić information content (AvgIpc) is 3.29. The van der Waals surface area contributed by atoms with Gasteiger partial charge in [0, 0.05) is 6.20 Å². The maximum Gasteiger partial charge on any atom is 0.453 e. The second kappa shape index (κ2) is 6.37. The van der Waals surface area contributed by atoms with Gasteiger partial charge in [-0.15, -0.1) is 10.2 Å². The van der Waals surface area contributed by atoms with Crippen LogP contribution in [0.4, 0.5) is 13.2 Å². The van der Waals surface area contributed by atoms with Gasteiger partial charge < -0.3 is 0 Å². The number of aromatic nitrogens is 5. The SMILES string of the molecule is FC(F)(F)c1nnc2/c(=C\c3cccc4ccccc34)c(-c3ccccn3)nn12. The highest BCUT2D eigenvalue weighted by atomic mass is 19.4. The highest BCUT2D eigenvalue weighted by Crippen LogP contribution is 2.28. The molecule has 0 fully saturated rings. The van der Waals surface area contributed by atoms with Crippen molar-refractivity contribution in [2.45, 2.75) is 6.18 Å². The van der Waals surface area contributed by atoms with Crippen LogP contribution in [0.5, 0.6) is 0 Å². The third kappa shape index (κ3) is 2.89. The molecule has 142 valence electrons. The number of pyridine rings is 1. The lowest BCUT2D eigenvalue weighted by Crippen LogP contribution is -2.11. The van der Waals surface area contributed by atoms with Gasteiger partial charge in [-0.3, -0.25) is 4.98 Å². The minimum absolute atomic E-state index is 0.0333. The molecule has 5 rings (SSSR count). The summed E-state index contributed by atoms with van der Waals surface area (Å²) in [5.41, 5.74) is 1.64. The Hall–Kier alpha value is -3.81. The molecule has 0 spiro atoms. The molecule has 3 aromatic heterocycles. The van der Waals surface area contributed by atoms with Gasteiger partial charge >= 0.3 is 6.18 Å². The monoisotopic (exact) mass is 391 g/mol. The molecule has 0 radical (unpaired) electrons. The molecule has 0 aliphatic rings. The summed E-state index contributed by atoms with van der Waals surface area (Å²) in [7, 11) is 0. The summed E-state index contributed by atoms with van der Waals surface area (Å²) in [6.45, 7) is 0. The van der Waals surface area contributed by atoms with E-state index in [1.807, 2.05) is 42.5 Å². The summed E-state index contributed by atoms with van der Waals surface area (Å²) in [4.78, 5) is 4.26. The highest BCUT2D eigenvalue weighted by molar-refractivity contribution is 5.91. The van der Waals surface area contributed by atoms with Crippen molar-refractivity contribution in [2.75, 3.05) is 0 Å². The molecule has 5 nitrogen and oxygen atoms in total. The van der Waals surface area contributed by atoms with Gasteiger partial charge in [0.1, 0.15) is 5.69 Å². The molecular formula is C21H12F3N5. The number of nitrogens with zero attached hydrogens (tertiary/aromatic N) is 5. The predicted molar refractivity (Wildman–Crippen MR) is 102 cm³/mol. The molecule has 0 atom stereocenters. The van der Waals surface area contributed by atoms with Crippen LogP contribution in [-0.4, -0.2) is 24.8 Å². The Bertz CT molecular complexity index is 1390. The number of alkyl halides is 3. The van der Waals surface area contributed by atoms with Gasteiger partial charge in [0.2, 0.25) is 0 Å². The van der Waals surface area contributed by atoms with E-state index in [1.54, 1.807) is 30.5 Å². The third-order valence-corrected chi connectivity index (χ3v) is 4.62. The molecular weight excluding hydrogens is 379 g/mol. The summed E-state index contributed by atoms with van der Waals surface area (Å²) >= 11 is 0. The fraction of sp³-hybridized carbons (Fsp3) is 0.0476. The number of halogens is 3. The van der Waals surface area contributed by atoms with Gasteiger partial charge in [0.15, 0.2) is 5.65 Å². The maximum atomic E-state index is 13.3. The molecule has 8 heteroatoms. The van der Waals surface area contributed by atoms with Gasteiger partial charge in [0.05, 0.1) is 10.9 Å². The molecule has 3 heterocycles. The van der Waals surface area contributed by atoms with E-state index >= 15 is 0 Å². The minimum Gasteiger partial charge on any atom is -0.255 e. The van der Waals surface area contributed by atoms with E-state index in [2.05, 4.69) is 20.3 Å². The smallest absolute Gasteiger partial charge is 0.255 e. The van der Waals surface area contributed by atoms with E-state index in [9.17, 15) is 13.2 Å². The Kier molecular flexibility index (Phi) is 3.80. The molecule has 0 unspecified atom stereocenters. The molecule has 0 saturated carbocycles. The Labute approximate surface area is 162 Å². The molecule has 0 aliphatic carbocycles. The van der Waals surface area contributed by atoms with Crippen LogP contribution in [-0.2, 0) is 6.18 Å². The van der Waals surface area contributed by atoms with Crippen molar-refractivity contribution in [1.29, 1.82) is 0 Å². The third-order valence-electron chi connectivity index (χ3n) is 4.62. The molecule has 5 aromatic rings. The Morgan fingerprint density at radius 1 is 0.862 bits per heavy atom. The van der Waals surface area contributed by atoms with Crippen molar-refractivity contribution < 1.29 is 13.2 Å². The normalized spacial score (nSPS) is 12.9. The first-order valence-corrected chi connectivity index (χ1v) is 8.75. The van der Waals surface area contributed by atoms with E-state index in [0.29, 0.717) is 16.6 Å². The number of benzene rings is 2. The molecule has 29 heavy (non-hydrogen) atoms. The van der Waals surface area contributed by atoms with E-state index < -0.39 is 12.0 Å². The van der Waals surface area contributed by atoms with Crippen LogP contribution < -0.4 is 5.22 Å². The lowest BCUT2D eigenvalue weighted by atomic mass is 10.0. The van der Waals surface area contributed by atoms with Crippen LogP contribution in [0, 0.1) is 0 Å². The van der Waals surface area contributed by atoms with Crippen molar-refractivity contribution in [1.82, 2.24) is 24.8 Å². The molecule has 0 aliphatic heterocycles. The first-order chi connectivity index (χ1) is 14.0. The van der Waals surface area contributed by atoms with Gasteiger partial charge in [-0.2, -0.15) is 22.8 Å². The summed E-state index contributed by atoms with van der Waals surface area (Å²) < 4.78 is 40.8. The first kappa shape index (κ1) is 17.3. The van der Waals surface area contributed by atoms with Gasteiger partial charge in [-0.05, 0) is 34.5 Å². The molecule has 0 amide bonds. The number of hydrogen-bond donors (Lipinski definition) is 0. The van der Waals surface area contributed by atoms with Crippen LogP contribution >= 0.6 is 0 Å². The molecule has 0 saturated heterocycles. The second-order valence-electron chi connectivity index (χ2n) is 6.45. The molecule has 2 aromatic carbocycles. The van der Waals surface area contributed by atoms with E-state index in [-0.39, 0.29) is 5.65 Å². The number of hydrogen-bond acceptors (Lipinski definition) is 4. The van der Waals surface area contributed by atoms with E-state index in [0.717, 1.165) is 20.9 Å². The van der Waals surface area contributed by atoms with Crippen LogP contribution in [0.2, 0.25) is 0 Å². The average molecular weight is 391 g/mol. The van der Waals surface area contributed by atoms with Gasteiger partial charge in [-0.25, -0.2) is 0 Å². The first-order valence-electron chi connectivity index (χ1n) is 8.75. The second-order valence-corrected chi connectivity index (χ2v) is 6.45. The zero-order chi connectivity index (χ0) is 20.0. The van der Waals surface area contributed by atoms with Crippen LogP contribution in [0.3, 0.4) is 0 Å². The van der Waals surface area contributed by atoms with Gasteiger partial charge in [-0.1, -0.05) is 48.5 Å².